The minimum Gasteiger partial charge on any atom is -0.495 e. The number of anilines is 2. The second-order valence-electron chi connectivity index (χ2n) is 7.03. The van der Waals surface area contributed by atoms with E-state index in [0.29, 0.717) is 23.0 Å². The molecule has 30 heavy (non-hydrogen) atoms. The highest BCUT2D eigenvalue weighted by atomic mass is 35.5. The van der Waals surface area contributed by atoms with E-state index >= 15 is 0 Å². The summed E-state index contributed by atoms with van der Waals surface area (Å²) < 4.78 is 10.2. The third kappa shape index (κ3) is 4.65. The number of amides is 2. The molecule has 1 aromatic carbocycles. The summed E-state index contributed by atoms with van der Waals surface area (Å²) in [6.45, 7) is 1.39. The number of hydrogen-bond acceptors (Lipinski definition) is 6. The fourth-order valence-corrected chi connectivity index (χ4v) is 3.73. The number of piperidine rings is 1. The summed E-state index contributed by atoms with van der Waals surface area (Å²) in [5, 5.41) is 10.6. The number of hydrogen-bond donors (Lipinski definition) is 2. The maximum absolute atomic E-state index is 12.6. The average molecular weight is 428 g/mol. The molecule has 2 aromatic heterocycles. The van der Waals surface area contributed by atoms with Gasteiger partial charge >= 0.3 is 6.03 Å². The molecule has 156 valence electrons. The Hall–Kier alpha value is -3.26. The number of pyridine rings is 1. The number of carbonyl (C=O) groups is 1. The Morgan fingerprint density at radius 3 is 2.73 bits per heavy atom. The van der Waals surface area contributed by atoms with Gasteiger partial charge in [0.1, 0.15) is 12.0 Å². The van der Waals surface area contributed by atoms with Gasteiger partial charge in [0.25, 0.3) is 0 Å². The molecule has 8 nitrogen and oxygen atoms in total. The van der Waals surface area contributed by atoms with Crippen molar-refractivity contribution in [2.75, 3.05) is 30.4 Å². The highest BCUT2D eigenvalue weighted by molar-refractivity contribution is 6.30. The van der Waals surface area contributed by atoms with Gasteiger partial charge in [-0.15, -0.1) is 0 Å². The van der Waals surface area contributed by atoms with Crippen LogP contribution in [-0.2, 0) is 0 Å². The van der Waals surface area contributed by atoms with Crippen molar-refractivity contribution in [2.24, 2.45) is 0 Å². The van der Waals surface area contributed by atoms with Gasteiger partial charge in [-0.3, -0.25) is 4.98 Å². The minimum atomic E-state index is -0.268. The van der Waals surface area contributed by atoms with Crippen LogP contribution >= 0.6 is 11.6 Å². The number of nitrogens with zero attached hydrogens (tertiary/aromatic N) is 3. The van der Waals surface area contributed by atoms with Crippen LogP contribution < -0.4 is 20.3 Å². The highest BCUT2D eigenvalue weighted by Gasteiger charge is 2.33. The zero-order valence-electron chi connectivity index (χ0n) is 16.4. The summed E-state index contributed by atoms with van der Waals surface area (Å²) in [6, 6.07) is 12.3. The normalized spacial score (nSPS) is 18.7. The third-order valence-electron chi connectivity index (χ3n) is 5.15. The molecule has 1 aliphatic heterocycles. The Kier molecular flexibility index (Phi) is 6.04. The Bertz CT molecular complexity index is 963. The van der Waals surface area contributed by atoms with Crippen LogP contribution in [0.1, 0.15) is 18.0 Å². The van der Waals surface area contributed by atoms with Gasteiger partial charge in [0.2, 0.25) is 0 Å². The first-order chi connectivity index (χ1) is 14.6. The molecule has 0 unspecified atom stereocenters. The summed E-state index contributed by atoms with van der Waals surface area (Å²) in [6.07, 6.45) is 3.98. The number of ether oxygens (including phenoxy) is 1. The third-order valence-corrected chi connectivity index (χ3v) is 5.41. The number of benzene rings is 1. The van der Waals surface area contributed by atoms with Gasteiger partial charge in [-0.25, -0.2) is 4.79 Å². The smallest absolute Gasteiger partial charge is 0.319 e. The van der Waals surface area contributed by atoms with Gasteiger partial charge in [0.15, 0.2) is 5.82 Å². The zero-order valence-corrected chi connectivity index (χ0v) is 17.2. The first kappa shape index (κ1) is 20.0. The van der Waals surface area contributed by atoms with Gasteiger partial charge in [-0.1, -0.05) is 16.8 Å². The van der Waals surface area contributed by atoms with Crippen molar-refractivity contribution in [1.29, 1.82) is 0 Å². The predicted octanol–water partition coefficient (Wildman–Crippen LogP) is 3.92. The lowest BCUT2D eigenvalue weighted by Gasteiger charge is -2.38. The molecule has 1 saturated heterocycles. The van der Waals surface area contributed by atoms with E-state index in [2.05, 4.69) is 25.7 Å². The van der Waals surface area contributed by atoms with E-state index in [0.717, 1.165) is 24.5 Å². The monoisotopic (exact) mass is 427 g/mol. The number of nitrogens with one attached hydrogen (secondary N) is 2. The van der Waals surface area contributed by atoms with Crippen LogP contribution in [0.5, 0.6) is 5.75 Å². The molecular weight excluding hydrogens is 406 g/mol. The Labute approximate surface area is 179 Å². The van der Waals surface area contributed by atoms with Crippen molar-refractivity contribution in [2.45, 2.75) is 18.4 Å². The van der Waals surface area contributed by atoms with Crippen molar-refractivity contribution < 1.29 is 14.1 Å². The SMILES string of the molecule is COc1ccc([C@@H]2CN(c3ccon3)CC[C@H]2NC(=O)Nc2ccc(Cl)cc2)nc1. The van der Waals surface area contributed by atoms with E-state index in [1.807, 2.05) is 18.2 Å². The standard InChI is InChI=1S/C21H22ClN5O3/c1-29-16-6-7-18(23-12-16)17-13-27(20-9-11-30-26-20)10-8-19(17)25-21(28)24-15-4-2-14(22)3-5-15/h2-7,9,11-12,17,19H,8,10,13H2,1H3,(H2,24,25,28)/t17-,19+/m0/s1. The van der Waals surface area contributed by atoms with Gasteiger partial charge in [-0.05, 0) is 42.8 Å². The van der Waals surface area contributed by atoms with Crippen molar-refractivity contribution in [3.63, 3.8) is 0 Å². The maximum atomic E-state index is 12.6. The number of halogens is 1. The number of aromatic nitrogens is 2. The lowest BCUT2D eigenvalue weighted by atomic mass is 9.89. The van der Waals surface area contributed by atoms with Crippen molar-refractivity contribution >= 4 is 29.1 Å². The Morgan fingerprint density at radius 1 is 1.23 bits per heavy atom. The summed E-state index contributed by atoms with van der Waals surface area (Å²) in [4.78, 5) is 19.3. The van der Waals surface area contributed by atoms with E-state index in [1.54, 1.807) is 43.8 Å². The van der Waals surface area contributed by atoms with Gasteiger partial charge in [0, 0.05) is 47.5 Å². The van der Waals surface area contributed by atoms with Crippen LogP contribution in [0.4, 0.5) is 16.3 Å². The van der Waals surface area contributed by atoms with Crippen LogP contribution in [0.15, 0.2) is 59.4 Å². The molecule has 3 heterocycles. The molecule has 0 radical (unpaired) electrons. The van der Waals surface area contributed by atoms with E-state index < -0.39 is 0 Å². The molecule has 0 spiro atoms. The molecule has 9 heteroatoms. The van der Waals surface area contributed by atoms with E-state index in [9.17, 15) is 4.79 Å². The van der Waals surface area contributed by atoms with E-state index in [4.69, 9.17) is 20.9 Å². The maximum Gasteiger partial charge on any atom is 0.319 e. The van der Waals surface area contributed by atoms with Crippen LogP contribution in [0.25, 0.3) is 0 Å². The van der Waals surface area contributed by atoms with Crippen molar-refractivity contribution in [1.82, 2.24) is 15.5 Å². The fraction of sp³-hybridized carbons (Fsp3) is 0.286. The van der Waals surface area contributed by atoms with E-state index in [-0.39, 0.29) is 18.0 Å². The molecule has 2 N–H and O–H groups in total. The lowest BCUT2D eigenvalue weighted by molar-refractivity contribution is 0.243. The van der Waals surface area contributed by atoms with Crippen LogP contribution in [0, 0.1) is 0 Å². The second kappa shape index (κ2) is 9.04. The molecule has 1 fully saturated rings. The molecular formula is C21H22ClN5O3. The van der Waals surface area contributed by atoms with Gasteiger partial charge < -0.3 is 24.8 Å². The van der Waals surface area contributed by atoms with Gasteiger partial charge in [0.05, 0.1) is 13.3 Å². The molecule has 1 aliphatic rings. The topological polar surface area (TPSA) is 92.5 Å². The molecule has 0 bridgehead atoms. The molecule has 0 saturated carbocycles. The Balaban J connectivity index is 1.50. The second-order valence-corrected chi connectivity index (χ2v) is 7.47. The first-order valence-electron chi connectivity index (χ1n) is 9.61. The number of carbonyl (C=O) groups excluding carboxylic acids is 1. The van der Waals surface area contributed by atoms with Crippen LogP contribution in [0.3, 0.4) is 0 Å². The summed E-state index contributed by atoms with van der Waals surface area (Å²) in [5.74, 6) is 1.43. The predicted molar refractivity (Wildman–Crippen MR) is 114 cm³/mol. The number of methoxy groups -OCH3 is 1. The quantitative estimate of drug-likeness (QED) is 0.641. The van der Waals surface area contributed by atoms with Crippen LogP contribution in [-0.4, -0.2) is 42.4 Å². The Morgan fingerprint density at radius 2 is 2.07 bits per heavy atom. The number of rotatable bonds is 5. The summed E-state index contributed by atoms with van der Waals surface area (Å²) in [7, 11) is 1.61. The lowest BCUT2D eigenvalue weighted by Crippen LogP contribution is -2.51. The first-order valence-corrected chi connectivity index (χ1v) is 9.98. The largest absolute Gasteiger partial charge is 0.495 e. The zero-order chi connectivity index (χ0) is 20.9. The van der Waals surface area contributed by atoms with Gasteiger partial charge in [-0.2, -0.15) is 0 Å². The minimum absolute atomic E-state index is 0.0303. The molecule has 0 aliphatic carbocycles. The average Bonchev–Trinajstić information content (AvgIpc) is 3.31. The van der Waals surface area contributed by atoms with Crippen molar-refractivity contribution in [3.8, 4) is 5.75 Å². The van der Waals surface area contributed by atoms with Crippen LogP contribution in [0.2, 0.25) is 5.02 Å². The van der Waals surface area contributed by atoms with E-state index in [1.165, 1.54) is 0 Å². The van der Waals surface area contributed by atoms with Crippen molar-refractivity contribution in [3.05, 3.63) is 65.6 Å². The molecule has 4 rings (SSSR count). The molecule has 2 amide bonds. The fourth-order valence-electron chi connectivity index (χ4n) is 3.60. The molecule has 3 aromatic rings. The number of urea groups is 1. The highest BCUT2D eigenvalue weighted by Crippen LogP contribution is 2.29. The molecule has 2 atom stereocenters. The summed E-state index contributed by atoms with van der Waals surface area (Å²) >= 11 is 5.91. The summed E-state index contributed by atoms with van der Waals surface area (Å²) in [5.41, 5.74) is 1.55.